The Kier molecular flexibility index (Phi) is 3.44. The first-order chi connectivity index (χ1) is 8.08. The lowest BCUT2D eigenvalue weighted by Crippen LogP contribution is -2.40. The molecule has 2 heterocycles. The summed E-state index contributed by atoms with van der Waals surface area (Å²) in [6.07, 6.45) is 0. The van der Waals surface area contributed by atoms with Crippen LogP contribution in [-0.4, -0.2) is 41.6 Å². The van der Waals surface area contributed by atoms with Crippen molar-refractivity contribution in [1.29, 1.82) is 0 Å². The number of amides is 1. The summed E-state index contributed by atoms with van der Waals surface area (Å²) in [5.41, 5.74) is 0.905. The Labute approximate surface area is 103 Å². The minimum Gasteiger partial charge on any atom is -0.477 e. The Morgan fingerprint density at radius 2 is 2.41 bits per heavy atom. The highest BCUT2D eigenvalue weighted by molar-refractivity contribution is 7.14. The van der Waals surface area contributed by atoms with Crippen LogP contribution in [0.4, 0.5) is 0 Å². The molecule has 17 heavy (non-hydrogen) atoms. The molecule has 0 aliphatic carbocycles. The summed E-state index contributed by atoms with van der Waals surface area (Å²) in [6, 6.07) is 1.64. The van der Waals surface area contributed by atoms with Gasteiger partial charge in [-0.3, -0.25) is 4.79 Å². The van der Waals surface area contributed by atoms with Gasteiger partial charge in [0, 0.05) is 18.0 Å². The van der Waals surface area contributed by atoms with Gasteiger partial charge in [0.1, 0.15) is 11.5 Å². The van der Waals surface area contributed by atoms with Crippen LogP contribution in [0.3, 0.4) is 0 Å². The van der Waals surface area contributed by atoms with Crippen LogP contribution in [0.15, 0.2) is 6.07 Å². The number of carbonyl (C=O) groups excluding carboxylic acids is 1. The molecule has 1 aromatic heterocycles. The summed E-state index contributed by atoms with van der Waals surface area (Å²) in [5.74, 6) is -0.962. The van der Waals surface area contributed by atoms with E-state index < -0.39 is 5.97 Å². The Balaban J connectivity index is 2.12. The van der Waals surface area contributed by atoms with Gasteiger partial charge < -0.3 is 14.7 Å². The SMILES string of the molecule is Cc1sc(C(=O)O)cc1CN1CCOCC1=O. The molecule has 0 spiro atoms. The van der Waals surface area contributed by atoms with E-state index in [0.29, 0.717) is 24.6 Å². The maximum atomic E-state index is 11.5. The number of morpholine rings is 1. The van der Waals surface area contributed by atoms with Crippen molar-refractivity contribution in [2.45, 2.75) is 13.5 Å². The van der Waals surface area contributed by atoms with Crippen LogP contribution in [0.1, 0.15) is 20.1 Å². The van der Waals surface area contributed by atoms with Gasteiger partial charge in [-0.25, -0.2) is 4.79 Å². The third-order valence-corrected chi connectivity index (χ3v) is 3.76. The number of carboxylic acids is 1. The first-order valence-corrected chi connectivity index (χ1v) is 6.07. The fraction of sp³-hybridized carbons (Fsp3) is 0.455. The van der Waals surface area contributed by atoms with Crippen LogP contribution in [0.5, 0.6) is 0 Å². The fourth-order valence-electron chi connectivity index (χ4n) is 1.71. The quantitative estimate of drug-likeness (QED) is 0.878. The van der Waals surface area contributed by atoms with Crippen LogP contribution in [0.2, 0.25) is 0 Å². The predicted molar refractivity (Wildman–Crippen MR) is 62.3 cm³/mol. The molecule has 0 saturated carbocycles. The molecule has 1 amide bonds. The normalized spacial score (nSPS) is 16.3. The molecule has 0 bridgehead atoms. The molecule has 0 radical (unpaired) electrons. The number of ether oxygens (including phenoxy) is 1. The summed E-state index contributed by atoms with van der Waals surface area (Å²) in [7, 11) is 0. The van der Waals surface area contributed by atoms with Gasteiger partial charge in [0.2, 0.25) is 5.91 Å². The summed E-state index contributed by atoms with van der Waals surface area (Å²) < 4.78 is 5.04. The van der Waals surface area contributed by atoms with Crippen LogP contribution in [-0.2, 0) is 16.1 Å². The highest BCUT2D eigenvalue weighted by Crippen LogP contribution is 2.23. The van der Waals surface area contributed by atoms with Crippen LogP contribution >= 0.6 is 11.3 Å². The largest absolute Gasteiger partial charge is 0.477 e. The molecule has 2 rings (SSSR count). The van der Waals surface area contributed by atoms with E-state index in [1.54, 1.807) is 11.0 Å². The zero-order valence-corrected chi connectivity index (χ0v) is 10.2. The van der Waals surface area contributed by atoms with Crippen molar-refractivity contribution < 1.29 is 19.4 Å². The number of rotatable bonds is 3. The van der Waals surface area contributed by atoms with E-state index in [1.807, 2.05) is 6.92 Å². The van der Waals surface area contributed by atoms with Crippen molar-refractivity contribution in [3.05, 3.63) is 21.4 Å². The number of hydrogen-bond donors (Lipinski definition) is 1. The van der Waals surface area contributed by atoms with Crippen molar-refractivity contribution in [3.63, 3.8) is 0 Å². The number of carboxylic acid groups (broad SMARTS) is 1. The van der Waals surface area contributed by atoms with Gasteiger partial charge in [-0.15, -0.1) is 11.3 Å². The third kappa shape index (κ3) is 2.65. The van der Waals surface area contributed by atoms with Crippen LogP contribution in [0, 0.1) is 6.92 Å². The predicted octanol–water partition coefficient (Wildman–Crippen LogP) is 1.11. The van der Waals surface area contributed by atoms with Gasteiger partial charge in [0.25, 0.3) is 0 Å². The average molecular weight is 255 g/mol. The molecule has 1 N–H and O–H groups in total. The first kappa shape index (κ1) is 12.1. The molecule has 1 aliphatic rings. The maximum Gasteiger partial charge on any atom is 0.345 e. The van der Waals surface area contributed by atoms with Gasteiger partial charge in [0.15, 0.2) is 0 Å². The van der Waals surface area contributed by atoms with E-state index in [4.69, 9.17) is 9.84 Å². The smallest absolute Gasteiger partial charge is 0.345 e. The minimum absolute atomic E-state index is 0.0428. The number of aromatic carboxylic acids is 1. The lowest BCUT2D eigenvalue weighted by molar-refractivity contribution is -0.143. The number of nitrogens with zero attached hydrogens (tertiary/aromatic N) is 1. The number of thiophene rings is 1. The Hall–Kier alpha value is -1.40. The highest BCUT2D eigenvalue weighted by atomic mass is 32.1. The van der Waals surface area contributed by atoms with Crippen LogP contribution in [0.25, 0.3) is 0 Å². The highest BCUT2D eigenvalue weighted by Gasteiger charge is 2.20. The summed E-state index contributed by atoms with van der Waals surface area (Å²) in [6.45, 7) is 3.57. The minimum atomic E-state index is -0.919. The third-order valence-electron chi connectivity index (χ3n) is 2.68. The van der Waals surface area contributed by atoms with Crippen molar-refractivity contribution in [2.75, 3.05) is 19.8 Å². The lowest BCUT2D eigenvalue weighted by Gasteiger charge is -2.26. The molecule has 1 fully saturated rings. The average Bonchev–Trinajstić information content (AvgIpc) is 2.64. The number of aryl methyl sites for hydroxylation is 1. The number of carbonyl (C=O) groups is 2. The fourth-order valence-corrected chi connectivity index (χ4v) is 2.58. The van der Waals surface area contributed by atoms with Crippen molar-refractivity contribution in [1.82, 2.24) is 4.90 Å². The van der Waals surface area contributed by atoms with Crippen molar-refractivity contribution >= 4 is 23.2 Å². The Bertz CT molecular complexity index is 454. The molecule has 1 aliphatic heterocycles. The summed E-state index contributed by atoms with van der Waals surface area (Å²) >= 11 is 1.24. The molecule has 0 aromatic carbocycles. The second-order valence-corrected chi connectivity index (χ2v) is 5.12. The molecule has 1 saturated heterocycles. The van der Waals surface area contributed by atoms with E-state index in [0.717, 1.165) is 10.4 Å². The lowest BCUT2D eigenvalue weighted by atomic mass is 10.2. The Morgan fingerprint density at radius 3 is 3.00 bits per heavy atom. The maximum absolute atomic E-state index is 11.5. The zero-order chi connectivity index (χ0) is 12.4. The second-order valence-electron chi connectivity index (χ2n) is 3.87. The van der Waals surface area contributed by atoms with E-state index in [9.17, 15) is 9.59 Å². The Morgan fingerprint density at radius 1 is 1.65 bits per heavy atom. The molecular formula is C11H13NO4S. The van der Waals surface area contributed by atoms with E-state index in [-0.39, 0.29) is 12.5 Å². The first-order valence-electron chi connectivity index (χ1n) is 5.26. The van der Waals surface area contributed by atoms with Gasteiger partial charge >= 0.3 is 5.97 Å². The monoisotopic (exact) mass is 255 g/mol. The summed E-state index contributed by atoms with van der Waals surface area (Å²) in [5, 5.41) is 8.89. The topological polar surface area (TPSA) is 66.8 Å². The van der Waals surface area contributed by atoms with E-state index >= 15 is 0 Å². The molecule has 92 valence electrons. The van der Waals surface area contributed by atoms with E-state index in [1.165, 1.54) is 11.3 Å². The molecule has 0 unspecified atom stereocenters. The number of hydrogen-bond acceptors (Lipinski definition) is 4. The standard InChI is InChI=1S/C11H13NO4S/c1-7-8(4-9(17-7)11(14)15)5-12-2-3-16-6-10(12)13/h4H,2-3,5-6H2,1H3,(H,14,15). The molecule has 1 aromatic rings. The van der Waals surface area contributed by atoms with Crippen LogP contribution < -0.4 is 0 Å². The van der Waals surface area contributed by atoms with Gasteiger partial charge in [0.05, 0.1) is 6.61 Å². The molecule has 5 nitrogen and oxygen atoms in total. The van der Waals surface area contributed by atoms with Crippen molar-refractivity contribution in [3.8, 4) is 0 Å². The molecular weight excluding hydrogens is 242 g/mol. The van der Waals surface area contributed by atoms with Crippen molar-refractivity contribution in [2.24, 2.45) is 0 Å². The molecule has 0 atom stereocenters. The van der Waals surface area contributed by atoms with Gasteiger partial charge in [-0.2, -0.15) is 0 Å². The second kappa shape index (κ2) is 4.85. The molecule has 6 heteroatoms. The zero-order valence-electron chi connectivity index (χ0n) is 9.43. The van der Waals surface area contributed by atoms with Gasteiger partial charge in [-0.1, -0.05) is 0 Å². The van der Waals surface area contributed by atoms with Gasteiger partial charge in [-0.05, 0) is 18.6 Å². The summed E-state index contributed by atoms with van der Waals surface area (Å²) in [4.78, 5) is 25.3. The van der Waals surface area contributed by atoms with E-state index in [2.05, 4.69) is 0 Å².